The van der Waals surface area contributed by atoms with Crippen LogP contribution in [0, 0.1) is 5.92 Å². The minimum atomic E-state index is 0.346. The monoisotopic (exact) mass is 253 g/mol. The first kappa shape index (κ1) is 15.2. The number of hydrogen-bond donors (Lipinski definition) is 0. The Labute approximate surface area is 111 Å². The van der Waals surface area contributed by atoms with E-state index in [2.05, 4.69) is 44.2 Å². The molecule has 0 amide bonds. The molecule has 1 aromatic heterocycles. The van der Waals surface area contributed by atoms with Gasteiger partial charge < -0.3 is 4.74 Å². The molecule has 0 N–H and O–H groups in total. The summed E-state index contributed by atoms with van der Waals surface area (Å²) >= 11 is 0. The minimum absolute atomic E-state index is 0.346. The normalized spacial score (nSPS) is 11.7. The van der Waals surface area contributed by atoms with Crippen molar-refractivity contribution < 1.29 is 4.74 Å². The predicted octanol–water partition coefficient (Wildman–Crippen LogP) is 3.07. The maximum atomic E-state index is 5.51. The molecule has 0 atom stereocenters. The van der Waals surface area contributed by atoms with E-state index in [1.807, 2.05) is 4.68 Å². The molecule has 0 radical (unpaired) electrons. The number of ether oxygens (including phenoxy) is 1. The first-order chi connectivity index (χ1) is 8.58. The van der Waals surface area contributed by atoms with E-state index in [9.17, 15) is 0 Å². The lowest BCUT2D eigenvalue weighted by Gasteiger charge is -2.06. The van der Waals surface area contributed by atoms with Crippen molar-refractivity contribution in [2.75, 3.05) is 6.61 Å². The zero-order valence-electron chi connectivity index (χ0n) is 12.2. The molecule has 1 heterocycles. The summed E-state index contributed by atoms with van der Waals surface area (Å²) in [4.78, 5) is 0. The summed E-state index contributed by atoms with van der Waals surface area (Å²) in [5, 5.41) is 8.33. The van der Waals surface area contributed by atoms with Crippen LogP contribution in [0.15, 0.2) is 6.20 Å². The molecular weight excluding hydrogens is 226 g/mol. The highest BCUT2D eigenvalue weighted by Gasteiger charge is 2.03. The topological polar surface area (TPSA) is 39.9 Å². The Balaban J connectivity index is 2.10. The van der Waals surface area contributed by atoms with E-state index in [0.29, 0.717) is 12.0 Å². The van der Waals surface area contributed by atoms with E-state index in [0.717, 1.165) is 38.1 Å². The second-order valence-corrected chi connectivity index (χ2v) is 5.55. The van der Waals surface area contributed by atoms with Crippen molar-refractivity contribution in [3.8, 4) is 0 Å². The second-order valence-electron chi connectivity index (χ2n) is 5.55. The maximum Gasteiger partial charge on any atom is 0.0829 e. The molecule has 1 aromatic rings. The molecule has 0 aliphatic carbocycles. The fourth-order valence-electron chi connectivity index (χ4n) is 1.83. The van der Waals surface area contributed by atoms with Crippen LogP contribution in [0.1, 0.15) is 52.7 Å². The van der Waals surface area contributed by atoms with Gasteiger partial charge in [-0.3, -0.25) is 4.68 Å². The summed E-state index contributed by atoms with van der Waals surface area (Å²) in [7, 11) is 0. The molecule has 0 spiro atoms. The number of aryl methyl sites for hydroxylation is 1. The van der Waals surface area contributed by atoms with Crippen LogP contribution in [-0.4, -0.2) is 27.7 Å². The van der Waals surface area contributed by atoms with E-state index in [4.69, 9.17) is 4.74 Å². The molecule has 0 bridgehead atoms. The smallest absolute Gasteiger partial charge is 0.0829 e. The highest BCUT2D eigenvalue weighted by molar-refractivity contribution is 4.92. The van der Waals surface area contributed by atoms with Gasteiger partial charge in [0.2, 0.25) is 0 Å². The lowest BCUT2D eigenvalue weighted by molar-refractivity contribution is 0.0755. The SMILES string of the molecule is CC(C)Cc1cn(CCCCCOC(C)C)nn1. The van der Waals surface area contributed by atoms with Crippen LogP contribution in [0.2, 0.25) is 0 Å². The van der Waals surface area contributed by atoms with E-state index >= 15 is 0 Å². The molecule has 0 aliphatic heterocycles. The summed E-state index contributed by atoms with van der Waals surface area (Å²) in [6.07, 6.45) is 6.90. The number of hydrogen-bond acceptors (Lipinski definition) is 3. The number of aromatic nitrogens is 3. The van der Waals surface area contributed by atoms with Gasteiger partial charge >= 0.3 is 0 Å². The van der Waals surface area contributed by atoms with E-state index in [1.54, 1.807) is 0 Å². The molecule has 1 rings (SSSR count). The van der Waals surface area contributed by atoms with Crippen LogP contribution >= 0.6 is 0 Å². The fraction of sp³-hybridized carbons (Fsp3) is 0.857. The van der Waals surface area contributed by atoms with Crippen LogP contribution in [0.4, 0.5) is 0 Å². The molecule has 18 heavy (non-hydrogen) atoms. The first-order valence-corrected chi connectivity index (χ1v) is 7.08. The van der Waals surface area contributed by atoms with E-state index in [1.165, 1.54) is 6.42 Å². The van der Waals surface area contributed by atoms with E-state index < -0.39 is 0 Å². The van der Waals surface area contributed by atoms with Crippen LogP contribution in [-0.2, 0) is 17.7 Å². The van der Waals surface area contributed by atoms with Crippen LogP contribution in [0.5, 0.6) is 0 Å². The van der Waals surface area contributed by atoms with Gasteiger partial charge in [0, 0.05) is 19.3 Å². The summed E-state index contributed by atoms with van der Waals surface area (Å²) in [6.45, 7) is 10.4. The Kier molecular flexibility index (Phi) is 6.94. The third-order valence-electron chi connectivity index (χ3n) is 2.69. The molecule has 4 nitrogen and oxygen atoms in total. The minimum Gasteiger partial charge on any atom is -0.379 e. The van der Waals surface area contributed by atoms with Gasteiger partial charge in [0.1, 0.15) is 0 Å². The van der Waals surface area contributed by atoms with E-state index in [-0.39, 0.29) is 0 Å². The first-order valence-electron chi connectivity index (χ1n) is 7.08. The van der Waals surface area contributed by atoms with Gasteiger partial charge in [-0.05, 0) is 45.4 Å². The molecule has 4 heteroatoms. The molecule has 0 unspecified atom stereocenters. The number of nitrogens with zero attached hydrogens (tertiary/aromatic N) is 3. The second kappa shape index (κ2) is 8.25. The van der Waals surface area contributed by atoms with Gasteiger partial charge in [-0.1, -0.05) is 19.1 Å². The predicted molar refractivity (Wildman–Crippen MR) is 73.5 cm³/mol. The Morgan fingerprint density at radius 2 is 1.94 bits per heavy atom. The van der Waals surface area contributed by atoms with Gasteiger partial charge in [0.25, 0.3) is 0 Å². The van der Waals surface area contributed by atoms with Crippen molar-refractivity contribution in [3.63, 3.8) is 0 Å². The van der Waals surface area contributed by atoms with Crippen molar-refractivity contribution in [1.82, 2.24) is 15.0 Å². The van der Waals surface area contributed by atoms with Gasteiger partial charge in [0.15, 0.2) is 0 Å². The third-order valence-corrected chi connectivity index (χ3v) is 2.69. The largest absolute Gasteiger partial charge is 0.379 e. The Bertz CT molecular complexity index is 321. The number of unbranched alkanes of at least 4 members (excludes halogenated alkanes) is 2. The molecule has 0 aromatic carbocycles. The van der Waals surface area contributed by atoms with Gasteiger partial charge in [0.05, 0.1) is 11.8 Å². The summed E-state index contributed by atoms with van der Waals surface area (Å²) in [5.74, 6) is 0.642. The molecule has 0 saturated heterocycles. The molecule has 104 valence electrons. The average molecular weight is 253 g/mol. The van der Waals surface area contributed by atoms with Crippen molar-refractivity contribution in [2.45, 2.75) is 66.0 Å². The van der Waals surface area contributed by atoms with Crippen LogP contribution in [0.25, 0.3) is 0 Å². The standard InChI is InChI=1S/C14H27N3O/c1-12(2)10-14-11-17(16-15-14)8-6-5-7-9-18-13(3)4/h11-13H,5-10H2,1-4H3. The summed E-state index contributed by atoms with van der Waals surface area (Å²) in [5.41, 5.74) is 1.10. The molecular formula is C14H27N3O. The van der Waals surface area contributed by atoms with Gasteiger partial charge in [-0.2, -0.15) is 0 Å². The Morgan fingerprint density at radius 3 is 2.61 bits per heavy atom. The molecule has 0 saturated carbocycles. The molecule has 0 fully saturated rings. The summed E-state index contributed by atoms with van der Waals surface area (Å²) in [6, 6.07) is 0. The van der Waals surface area contributed by atoms with Crippen molar-refractivity contribution >= 4 is 0 Å². The zero-order valence-corrected chi connectivity index (χ0v) is 12.2. The fourth-order valence-corrected chi connectivity index (χ4v) is 1.83. The lowest BCUT2D eigenvalue weighted by atomic mass is 10.1. The number of rotatable bonds is 9. The average Bonchev–Trinajstić information content (AvgIpc) is 2.69. The molecule has 0 aliphatic rings. The van der Waals surface area contributed by atoms with Crippen LogP contribution < -0.4 is 0 Å². The highest BCUT2D eigenvalue weighted by atomic mass is 16.5. The quantitative estimate of drug-likeness (QED) is 0.635. The highest BCUT2D eigenvalue weighted by Crippen LogP contribution is 2.05. The lowest BCUT2D eigenvalue weighted by Crippen LogP contribution is -2.04. The zero-order chi connectivity index (χ0) is 13.4. The van der Waals surface area contributed by atoms with Crippen molar-refractivity contribution in [1.29, 1.82) is 0 Å². The van der Waals surface area contributed by atoms with Crippen molar-refractivity contribution in [3.05, 3.63) is 11.9 Å². The summed E-state index contributed by atoms with van der Waals surface area (Å²) < 4.78 is 7.47. The maximum absolute atomic E-state index is 5.51. The van der Waals surface area contributed by atoms with Gasteiger partial charge in [-0.25, -0.2) is 0 Å². The van der Waals surface area contributed by atoms with Crippen LogP contribution in [0.3, 0.4) is 0 Å². The van der Waals surface area contributed by atoms with Crippen molar-refractivity contribution in [2.24, 2.45) is 5.92 Å². The Morgan fingerprint density at radius 1 is 1.17 bits per heavy atom. The third kappa shape index (κ3) is 6.74. The van der Waals surface area contributed by atoms with Gasteiger partial charge in [-0.15, -0.1) is 5.10 Å². The Hall–Kier alpha value is -0.900.